The van der Waals surface area contributed by atoms with Crippen LogP contribution in [-0.2, 0) is 0 Å². The van der Waals surface area contributed by atoms with E-state index in [-0.39, 0.29) is 24.3 Å². The molecule has 0 saturated carbocycles. The van der Waals surface area contributed by atoms with Gasteiger partial charge in [0.25, 0.3) is 11.8 Å². The monoisotopic (exact) mass is 233 g/mol. The number of aliphatic hydroxyl groups is 1. The first-order valence-electron chi connectivity index (χ1n) is 5.65. The van der Waals surface area contributed by atoms with E-state index in [0.717, 1.165) is 0 Å². The van der Waals surface area contributed by atoms with Gasteiger partial charge < -0.3 is 5.11 Å². The Bertz CT molecular complexity index is 432. The van der Waals surface area contributed by atoms with Crippen LogP contribution in [0.1, 0.15) is 34.6 Å². The van der Waals surface area contributed by atoms with Gasteiger partial charge in [0.2, 0.25) is 0 Å². The van der Waals surface area contributed by atoms with Gasteiger partial charge in [0.1, 0.15) is 0 Å². The van der Waals surface area contributed by atoms with Crippen LogP contribution in [0, 0.1) is 5.92 Å². The van der Waals surface area contributed by atoms with Crippen LogP contribution in [0.25, 0.3) is 0 Å². The molecule has 0 radical (unpaired) electrons. The number of carbonyl (C=O) groups excluding carboxylic acids is 2. The Morgan fingerprint density at radius 3 is 1.94 bits per heavy atom. The van der Waals surface area contributed by atoms with E-state index in [1.165, 1.54) is 4.90 Å². The minimum atomic E-state index is -0.456. The van der Waals surface area contributed by atoms with E-state index >= 15 is 0 Å². The maximum Gasteiger partial charge on any atom is 0.261 e. The predicted octanol–water partition coefficient (Wildman–Crippen LogP) is 1.30. The molecule has 4 heteroatoms. The lowest BCUT2D eigenvalue weighted by atomic mass is 10.0. The van der Waals surface area contributed by atoms with Gasteiger partial charge in [-0.3, -0.25) is 14.5 Å². The largest absolute Gasteiger partial charge is 0.394 e. The van der Waals surface area contributed by atoms with Gasteiger partial charge in [-0.05, 0) is 18.1 Å². The molecule has 1 heterocycles. The lowest BCUT2D eigenvalue weighted by molar-refractivity contribution is 0.0452. The van der Waals surface area contributed by atoms with Crippen molar-refractivity contribution in [1.82, 2.24) is 4.90 Å². The third-order valence-corrected chi connectivity index (χ3v) is 3.11. The lowest BCUT2D eigenvalue weighted by Gasteiger charge is -2.27. The molecule has 0 aromatic heterocycles. The van der Waals surface area contributed by atoms with Gasteiger partial charge in [-0.25, -0.2) is 0 Å². The zero-order valence-electron chi connectivity index (χ0n) is 9.88. The van der Waals surface area contributed by atoms with Gasteiger partial charge in [-0.2, -0.15) is 0 Å². The standard InChI is InChI=1S/C13H15NO3/c1-8(2)11(7-15)14-12(16)9-5-3-4-6-10(9)13(14)17/h3-6,8,11,15H,7H2,1-2H3. The number of nitrogens with zero attached hydrogens (tertiary/aromatic N) is 1. The molecule has 0 saturated heterocycles. The molecule has 4 nitrogen and oxygen atoms in total. The van der Waals surface area contributed by atoms with E-state index in [4.69, 9.17) is 0 Å². The summed E-state index contributed by atoms with van der Waals surface area (Å²) in [7, 11) is 0. The third kappa shape index (κ3) is 1.74. The normalized spacial score (nSPS) is 16.6. The second kappa shape index (κ2) is 4.30. The van der Waals surface area contributed by atoms with Crippen LogP contribution in [0.2, 0.25) is 0 Å². The first-order valence-corrected chi connectivity index (χ1v) is 5.65. The Kier molecular flexibility index (Phi) is 2.98. The van der Waals surface area contributed by atoms with Crippen molar-refractivity contribution in [3.05, 3.63) is 35.4 Å². The Hall–Kier alpha value is -1.68. The average Bonchev–Trinajstić information content (AvgIpc) is 2.56. The van der Waals surface area contributed by atoms with Crippen molar-refractivity contribution in [2.45, 2.75) is 19.9 Å². The Morgan fingerprint density at radius 2 is 1.59 bits per heavy atom. The van der Waals surface area contributed by atoms with Crippen LogP contribution in [-0.4, -0.2) is 34.5 Å². The topological polar surface area (TPSA) is 57.6 Å². The summed E-state index contributed by atoms with van der Waals surface area (Å²) in [6, 6.07) is 6.30. The van der Waals surface area contributed by atoms with E-state index in [0.29, 0.717) is 11.1 Å². The fraction of sp³-hybridized carbons (Fsp3) is 0.385. The van der Waals surface area contributed by atoms with Crippen LogP contribution in [0.4, 0.5) is 0 Å². The Balaban J connectivity index is 2.42. The summed E-state index contributed by atoms with van der Waals surface area (Å²) < 4.78 is 0. The molecule has 1 atom stereocenters. The van der Waals surface area contributed by atoms with Gasteiger partial charge in [0.15, 0.2) is 0 Å². The number of fused-ring (bicyclic) bond motifs is 1. The fourth-order valence-corrected chi connectivity index (χ4v) is 2.10. The smallest absolute Gasteiger partial charge is 0.261 e. The summed E-state index contributed by atoms with van der Waals surface area (Å²) in [4.78, 5) is 25.4. The molecule has 0 fully saturated rings. The van der Waals surface area contributed by atoms with Gasteiger partial charge in [0.05, 0.1) is 23.8 Å². The molecular formula is C13H15NO3. The number of rotatable bonds is 3. The number of carbonyl (C=O) groups is 2. The SMILES string of the molecule is CC(C)C(CO)N1C(=O)c2ccccc2C1=O. The maximum atomic E-state index is 12.1. The van der Waals surface area contributed by atoms with Crippen LogP contribution in [0.15, 0.2) is 24.3 Å². The van der Waals surface area contributed by atoms with Gasteiger partial charge in [-0.1, -0.05) is 26.0 Å². The van der Waals surface area contributed by atoms with Crippen molar-refractivity contribution in [3.63, 3.8) is 0 Å². The first kappa shape index (κ1) is 11.8. The number of hydrogen-bond donors (Lipinski definition) is 1. The highest BCUT2D eigenvalue weighted by atomic mass is 16.3. The number of hydrogen-bond acceptors (Lipinski definition) is 3. The fourth-order valence-electron chi connectivity index (χ4n) is 2.10. The number of imide groups is 1. The highest BCUT2D eigenvalue weighted by Gasteiger charge is 2.40. The summed E-state index contributed by atoms with van der Waals surface area (Å²) in [5.74, 6) is -0.584. The molecule has 90 valence electrons. The maximum absolute atomic E-state index is 12.1. The second-order valence-electron chi connectivity index (χ2n) is 4.52. The molecule has 17 heavy (non-hydrogen) atoms. The van der Waals surface area contributed by atoms with Crippen molar-refractivity contribution < 1.29 is 14.7 Å². The lowest BCUT2D eigenvalue weighted by Crippen LogP contribution is -2.45. The van der Waals surface area contributed by atoms with Crippen molar-refractivity contribution >= 4 is 11.8 Å². The third-order valence-electron chi connectivity index (χ3n) is 3.11. The molecule has 1 unspecified atom stereocenters. The number of aliphatic hydroxyl groups excluding tert-OH is 1. The van der Waals surface area contributed by atoms with Crippen molar-refractivity contribution in [1.29, 1.82) is 0 Å². The van der Waals surface area contributed by atoms with E-state index in [2.05, 4.69) is 0 Å². The molecule has 1 aliphatic rings. The zero-order chi connectivity index (χ0) is 12.6. The summed E-state index contributed by atoms with van der Waals surface area (Å²) in [6.07, 6.45) is 0. The summed E-state index contributed by atoms with van der Waals surface area (Å²) in [5, 5.41) is 9.33. The Labute approximate surface area is 99.9 Å². The second-order valence-corrected chi connectivity index (χ2v) is 4.52. The van der Waals surface area contributed by atoms with E-state index < -0.39 is 6.04 Å². The molecule has 1 aliphatic heterocycles. The van der Waals surface area contributed by atoms with Crippen LogP contribution in [0.3, 0.4) is 0 Å². The van der Waals surface area contributed by atoms with Crippen molar-refractivity contribution in [2.24, 2.45) is 5.92 Å². The summed E-state index contributed by atoms with van der Waals surface area (Å²) >= 11 is 0. The quantitative estimate of drug-likeness (QED) is 0.800. The highest BCUT2D eigenvalue weighted by Crippen LogP contribution is 2.26. The van der Waals surface area contributed by atoms with Crippen molar-refractivity contribution in [3.8, 4) is 0 Å². The molecule has 2 rings (SSSR count). The summed E-state index contributed by atoms with van der Waals surface area (Å²) in [5.41, 5.74) is 0.855. The zero-order valence-corrected chi connectivity index (χ0v) is 9.88. The molecule has 1 aromatic rings. The molecule has 1 aromatic carbocycles. The highest BCUT2D eigenvalue weighted by molar-refractivity contribution is 6.21. The Morgan fingerprint density at radius 1 is 1.12 bits per heavy atom. The predicted molar refractivity (Wildman–Crippen MR) is 62.7 cm³/mol. The molecule has 0 bridgehead atoms. The molecular weight excluding hydrogens is 218 g/mol. The first-order chi connectivity index (χ1) is 8.07. The van der Waals surface area contributed by atoms with E-state index in [1.807, 2.05) is 13.8 Å². The van der Waals surface area contributed by atoms with Gasteiger partial charge >= 0.3 is 0 Å². The molecule has 1 N–H and O–H groups in total. The molecule has 0 spiro atoms. The minimum Gasteiger partial charge on any atom is -0.394 e. The van der Waals surface area contributed by atoms with Crippen LogP contribution in [0.5, 0.6) is 0 Å². The van der Waals surface area contributed by atoms with Gasteiger partial charge in [-0.15, -0.1) is 0 Å². The molecule has 0 aliphatic carbocycles. The summed E-state index contributed by atoms with van der Waals surface area (Å²) in [6.45, 7) is 3.55. The number of amides is 2. The minimum absolute atomic E-state index is 0.0298. The van der Waals surface area contributed by atoms with E-state index in [1.54, 1.807) is 24.3 Å². The van der Waals surface area contributed by atoms with Gasteiger partial charge in [0, 0.05) is 0 Å². The number of benzene rings is 1. The van der Waals surface area contributed by atoms with Crippen LogP contribution < -0.4 is 0 Å². The van der Waals surface area contributed by atoms with E-state index in [9.17, 15) is 14.7 Å². The molecule has 2 amide bonds. The van der Waals surface area contributed by atoms with Crippen LogP contribution >= 0.6 is 0 Å². The van der Waals surface area contributed by atoms with Crippen molar-refractivity contribution in [2.75, 3.05) is 6.61 Å². The average molecular weight is 233 g/mol.